The highest BCUT2D eigenvalue weighted by Crippen LogP contribution is 2.53. The molecule has 2 nitrogen and oxygen atoms in total. The van der Waals surface area contributed by atoms with Gasteiger partial charge in [0.25, 0.3) is 0 Å². The van der Waals surface area contributed by atoms with Gasteiger partial charge < -0.3 is 9.73 Å². The first-order valence-corrected chi connectivity index (χ1v) is 12.1. The number of furan rings is 1. The van der Waals surface area contributed by atoms with Gasteiger partial charge in [-0.15, -0.1) is 0 Å². The van der Waals surface area contributed by atoms with Crippen LogP contribution in [-0.2, 0) is 5.41 Å². The average molecular weight is 452 g/mol. The van der Waals surface area contributed by atoms with Crippen LogP contribution in [0.5, 0.6) is 0 Å². The van der Waals surface area contributed by atoms with Crippen molar-refractivity contribution in [1.29, 1.82) is 0 Å². The predicted molar refractivity (Wildman–Crippen MR) is 146 cm³/mol. The third-order valence-electron chi connectivity index (χ3n) is 7.46. The third kappa shape index (κ3) is 3.03. The Morgan fingerprint density at radius 3 is 2.14 bits per heavy atom. The summed E-state index contributed by atoms with van der Waals surface area (Å²) >= 11 is 0. The van der Waals surface area contributed by atoms with Gasteiger partial charge in [0.1, 0.15) is 11.2 Å². The number of para-hydroxylation sites is 1. The number of hydrogen-bond donors (Lipinski definition) is 1. The van der Waals surface area contributed by atoms with E-state index >= 15 is 0 Å². The maximum absolute atomic E-state index is 6.40. The third-order valence-corrected chi connectivity index (χ3v) is 7.46. The van der Waals surface area contributed by atoms with E-state index < -0.39 is 0 Å². The molecule has 0 aliphatic heterocycles. The van der Waals surface area contributed by atoms with Crippen molar-refractivity contribution < 1.29 is 4.42 Å². The quantitative estimate of drug-likeness (QED) is 0.290. The first-order valence-electron chi connectivity index (χ1n) is 12.1. The molecule has 1 N–H and O–H groups in total. The minimum Gasteiger partial charge on any atom is -0.455 e. The van der Waals surface area contributed by atoms with Gasteiger partial charge in [0, 0.05) is 33.1 Å². The molecule has 5 aromatic carbocycles. The minimum absolute atomic E-state index is 0.104. The Morgan fingerprint density at radius 2 is 1.31 bits per heavy atom. The summed E-state index contributed by atoms with van der Waals surface area (Å²) in [5.74, 6) is 0. The molecule has 1 heterocycles. The number of benzene rings is 5. The maximum atomic E-state index is 6.40. The van der Waals surface area contributed by atoms with Crippen molar-refractivity contribution >= 4 is 33.3 Å². The monoisotopic (exact) mass is 451 g/mol. The summed E-state index contributed by atoms with van der Waals surface area (Å²) in [6.07, 6.45) is 0. The fourth-order valence-electron chi connectivity index (χ4n) is 5.62. The molecule has 1 aliphatic carbocycles. The van der Waals surface area contributed by atoms with E-state index in [1.54, 1.807) is 0 Å². The van der Waals surface area contributed by atoms with Crippen LogP contribution in [0.25, 0.3) is 44.2 Å². The molecule has 0 saturated carbocycles. The maximum Gasteiger partial charge on any atom is 0.143 e. The van der Waals surface area contributed by atoms with Gasteiger partial charge in [-0.05, 0) is 58.1 Å². The molecular formula is C33H25NO. The van der Waals surface area contributed by atoms with Crippen LogP contribution in [-0.4, -0.2) is 0 Å². The molecule has 1 aliphatic rings. The predicted octanol–water partition coefficient (Wildman–Crippen LogP) is 9.30. The molecule has 0 atom stereocenters. The Hall–Kier alpha value is -4.30. The Morgan fingerprint density at radius 1 is 0.600 bits per heavy atom. The smallest absolute Gasteiger partial charge is 0.143 e. The van der Waals surface area contributed by atoms with E-state index in [0.717, 1.165) is 22.5 Å². The first kappa shape index (κ1) is 20.1. The highest BCUT2D eigenvalue weighted by atomic mass is 16.3. The molecule has 1 aromatic heterocycles. The van der Waals surface area contributed by atoms with Gasteiger partial charge in [0.2, 0.25) is 0 Å². The Kier molecular flexibility index (Phi) is 4.22. The van der Waals surface area contributed by atoms with Crippen LogP contribution in [0.15, 0.2) is 114 Å². The second-order valence-electron chi connectivity index (χ2n) is 9.92. The lowest BCUT2D eigenvalue weighted by molar-refractivity contribution is 0.653. The molecule has 0 spiro atoms. The molecule has 35 heavy (non-hydrogen) atoms. The summed E-state index contributed by atoms with van der Waals surface area (Å²) in [4.78, 5) is 0. The van der Waals surface area contributed by atoms with Crippen molar-refractivity contribution in [2.24, 2.45) is 0 Å². The van der Waals surface area contributed by atoms with Gasteiger partial charge in [0.05, 0.1) is 0 Å². The largest absolute Gasteiger partial charge is 0.455 e. The fraction of sp³-hybridized carbons (Fsp3) is 0.0909. The Balaban J connectivity index is 1.28. The van der Waals surface area contributed by atoms with Crippen molar-refractivity contribution in [2.75, 3.05) is 5.32 Å². The van der Waals surface area contributed by atoms with Crippen LogP contribution in [0.2, 0.25) is 0 Å². The van der Waals surface area contributed by atoms with Crippen LogP contribution in [0.1, 0.15) is 25.0 Å². The Bertz CT molecular complexity index is 1720. The summed E-state index contributed by atoms with van der Waals surface area (Å²) < 4.78 is 6.40. The Labute approximate surface area is 204 Å². The van der Waals surface area contributed by atoms with Crippen LogP contribution < -0.4 is 5.32 Å². The zero-order valence-electron chi connectivity index (χ0n) is 19.8. The van der Waals surface area contributed by atoms with Crippen LogP contribution >= 0.6 is 0 Å². The minimum atomic E-state index is -0.104. The van der Waals surface area contributed by atoms with Crippen LogP contribution in [0.4, 0.5) is 11.4 Å². The van der Waals surface area contributed by atoms with Gasteiger partial charge in [-0.25, -0.2) is 0 Å². The number of hydrogen-bond acceptors (Lipinski definition) is 2. The zero-order valence-corrected chi connectivity index (χ0v) is 19.8. The highest BCUT2D eigenvalue weighted by molar-refractivity contribution is 6.11. The highest BCUT2D eigenvalue weighted by Gasteiger charge is 2.37. The van der Waals surface area contributed by atoms with E-state index in [1.165, 1.54) is 44.2 Å². The van der Waals surface area contributed by atoms with Gasteiger partial charge in [0.15, 0.2) is 0 Å². The van der Waals surface area contributed by atoms with Gasteiger partial charge in [-0.1, -0.05) is 92.7 Å². The average Bonchev–Trinajstić information content (AvgIpc) is 3.38. The molecule has 0 fully saturated rings. The van der Waals surface area contributed by atoms with Crippen molar-refractivity contribution in [3.63, 3.8) is 0 Å². The normalized spacial score (nSPS) is 13.7. The summed E-state index contributed by atoms with van der Waals surface area (Å²) in [7, 11) is 0. The van der Waals surface area contributed by atoms with Crippen molar-refractivity contribution in [2.45, 2.75) is 19.3 Å². The number of fused-ring (bicyclic) bond motifs is 7. The van der Waals surface area contributed by atoms with E-state index in [4.69, 9.17) is 4.42 Å². The molecular weight excluding hydrogens is 426 g/mol. The summed E-state index contributed by atoms with van der Waals surface area (Å²) in [6.45, 7) is 4.62. The van der Waals surface area contributed by atoms with Crippen molar-refractivity contribution in [1.82, 2.24) is 0 Å². The molecule has 6 aromatic rings. The first-order chi connectivity index (χ1) is 17.1. The van der Waals surface area contributed by atoms with E-state index in [2.05, 4.69) is 116 Å². The number of anilines is 2. The van der Waals surface area contributed by atoms with E-state index in [-0.39, 0.29) is 5.41 Å². The molecule has 7 rings (SSSR count). The molecule has 168 valence electrons. The molecule has 0 amide bonds. The zero-order chi connectivity index (χ0) is 23.6. The van der Waals surface area contributed by atoms with Crippen LogP contribution in [0.3, 0.4) is 0 Å². The molecule has 0 unspecified atom stereocenters. The number of rotatable bonds is 3. The number of nitrogens with one attached hydrogen (secondary N) is 1. The topological polar surface area (TPSA) is 25.2 Å². The molecule has 0 saturated heterocycles. The summed E-state index contributed by atoms with van der Waals surface area (Å²) in [6, 6.07) is 38.7. The summed E-state index contributed by atoms with van der Waals surface area (Å²) in [5, 5.41) is 5.97. The lowest BCUT2D eigenvalue weighted by Crippen LogP contribution is -2.15. The van der Waals surface area contributed by atoms with Crippen molar-refractivity contribution in [3.05, 3.63) is 120 Å². The fourth-order valence-corrected chi connectivity index (χ4v) is 5.62. The molecule has 0 radical (unpaired) electrons. The van der Waals surface area contributed by atoms with Gasteiger partial charge >= 0.3 is 0 Å². The van der Waals surface area contributed by atoms with E-state index in [0.29, 0.717) is 0 Å². The van der Waals surface area contributed by atoms with Gasteiger partial charge in [-0.3, -0.25) is 0 Å². The lowest BCUT2D eigenvalue weighted by atomic mass is 9.82. The molecule has 2 heteroatoms. The lowest BCUT2D eigenvalue weighted by Gasteiger charge is -2.22. The standard InChI is InChI=1S/C33H25NO/c1-33(2)28-19-18-26-25-10-6-7-11-30(25)35-32(26)31(28)27-17-16-24(20-29(27)33)34-23-14-12-22(13-15-23)21-8-4-3-5-9-21/h3-20,34H,1-2H3. The second-order valence-corrected chi connectivity index (χ2v) is 9.92. The van der Waals surface area contributed by atoms with E-state index in [1.807, 2.05) is 12.1 Å². The van der Waals surface area contributed by atoms with Crippen LogP contribution in [0, 0.1) is 0 Å². The SMILES string of the molecule is CC1(C)c2cc(Nc3ccc(-c4ccccc4)cc3)ccc2-c2c1ccc1c2oc2ccccc21. The van der Waals surface area contributed by atoms with E-state index in [9.17, 15) is 0 Å². The second kappa shape index (κ2) is 7.35. The summed E-state index contributed by atoms with van der Waals surface area (Å²) in [5.41, 5.74) is 11.6. The van der Waals surface area contributed by atoms with Gasteiger partial charge in [-0.2, -0.15) is 0 Å². The molecule has 0 bridgehead atoms. The van der Waals surface area contributed by atoms with Crippen molar-refractivity contribution in [3.8, 4) is 22.3 Å².